The number of carbonyl (C=O) groups excluding carboxylic acids is 3. The van der Waals surface area contributed by atoms with E-state index in [2.05, 4.69) is 10.6 Å². The molecule has 1 aromatic carbocycles. The van der Waals surface area contributed by atoms with Crippen molar-refractivity contribution in [1.29, 1.82) is 0 Å². The van der Waals surface area contributed by atoms with Gasteiger partial charge in [-0.2, -0.15) is 0 Å². The molecule has 1 aromatic rings. The number of rotatable bonds is 6. The van der Waals surface area contributed by atoms with Crippen LogP contribution in [-0.2, 0) is 14.3 Å². The quantitative estimate of drug-likeness (QED) is 0.672. The van der Waals surface area contributed by atoms with E-state index in [0.29, 0.717) is 10.6 Å². The number of carbonyl (C=O) groups is 3. The van der Waals surface area contributed by atoms with Gasteiger partial charge in [0, 0.05) is 12.1 Å². The number of halogens is 1. The summed E-state index contributed by atoms with van der Waals surface area (Å²) in [6.45, 7) is -0.388. The summed E-state index contributed by atoms with van der Waals surface area (Å²) in [6, 6.07) is 5.20. The molecule has 3 amide bonds. The highest BCUT2D eigenvalue weighted by Gasteiger charge is 2.21. The van der Waals surface area contributed by atoms with Gasteiger partial charge in [-0.1, -0.05) is 29.8 Å². The Hall–Kier alpha value is -2.28. The van der Waals surface area contributed by atoms with E-state index < -0.39 is 23.9 Å². The van der Waals surface area contributed by atoms with Crippen LogP contribution in [-0.4, -0.2) is 31.6 Å². The molecule has 0 aliphatic carbocycles. The Morgan fingerprint density at radius 1 is 1.33 bits per heavy atom. The maximum atomic E-state index is 11.7. The van der Waals surface area contributed by atoms with Crippen molar-refractivity contribution in [3.8, 4) is 0 Å². The molecule has 7 nitrogen and oxygen atoms in total. The van der Waals surface area contributed by atoms with Gasteiger partial charge >= 0.3 is 12.0 Å². The predicted molar refractivity (Wildman–Crippen MR) is 76.6 cm³/mol. The van der Waals surface area contributed by atoms with Crippen LogP contribution in [0.15, 0.2) is 24.3 Å². The SMILES string of the molecule is CNC(=O)COC(=O)C[C@H](NC(N)=O)c1ccccc1Cl. The second-order valence-corrected chi connectivity index (χ2v) is 4.53. The molecular formula is C13H16ClN3O4. The van der Waals surface area contributed by atoms with Gasteiger partial charge in [-0.3, -0.25) is 9.59 Å². The van der Waals surface area contributed by atoms with E-state index in [1.807, 2.05) is 0 Å². The molecule has 0 spiro atoms. The summed E-state index contributed by atoms with van der Waals surface area (Å²) in [5, 5.41) is 5.13. The molecule has 1 atom stereocenters. The van der Waals surface area contributed by atoms with Gasteiger partial charge in [0.1, 0.15) is 0 Å². The van der Waals surface area contributed by atoms with Crippen LogP contribution in [0.3, 0.4) is 0 Å². The van der Waals surface area contributed by atoms with E-state index in [0.717, 1.165) is 0 Å². The molecule has 0 saturated carbocycles. The van der Waals surface area contributed by atoms with E-state index in [1.165, 1.54) is 7.05 Å². The highest BCUT2D eigenvalue weighted by Crippen LogP contribution is 2.25. The molecule has 114 valence electrons. The van der Waals surface area contributed by atoms with Crippen LogP contribution in [0.4, 0.5) is 4.79 Å². The van der Waals surface area contributed by atoms with Gasteiger partial charge in [0.2, 0.25) is 0 Å². The topological polar surface area (TPSA) is 111 Å². The van der Waals surface area contributed by atoms with E-state index in [9.17, 15) is 14.4 Å². The van der Waals surface area contributed by atoms with Crippen molar-refractivity contribution >= 4 is 29.5 Å². The smallest absolute Gasteiger partial charge is 0.312 e. The Kier molecular flexibility index (Phi) is 6.48. The summed E-state index contributed by atoms with van der Waals surface area (Å²) < 4.78 is 4.78. The number of ether oxygens (including phenoxy) is 1. The van der Waals surface area contributed by atoms with Crippen LogP contribution < -0.4 is 16.4 Å². The standard InChI is InChI=1S/C13H16ClN3O4/c1-16-11(18)7-21-12(19)6-10(17-13(15)20)8-4-2-3-5-9(8)14/h2-5,10H,6-7H2,1H3,(H,16,18)(H3,15,17,20)/t10-/m0/s1. The Labute approximate surface area is 126 Å². The predicted octanol–water partition coefficient (Wildman–Crippen LogP) is 0.729. The Morgan fingerprint density at radius 2 is 2.00 bits per heavy atom. The third-order valence-corrected chi connectivity index (χ3v) is 2.96. The minimum absolute atomic E-state index is 0.191. The molecular weight excluding hydrogens is 298 g/mol. The lowest BCUT2D eigenvalue weighted by molar-refractivity contribution is -0.148. The number of esters is 1. The molecule has 21 heavy (non-hydrogen) atoms. The molecule has 0 fully saturated rings. The number of likely N-dealkylation sites (N-methyl/N-ethyl adjacent to an activating group) is 1. The van der Waals surface area contributed by atoms with Crippen molar-refractivity contribution in [1.82, 2.24) is 10.6 Å². The molecule has 0 unspecified atom stereocenters. The largest absolute Gasteiger partial charge is 0.456 e. The number of primary amides is 1. The minimum Gasteiger partial charge on any atom is -0.456 e. The molecule has 0 bridgehead atoms. The average molecular weight is 314 g/mol. The van der Waals surface area contributed by atoms with Crippen molar-refractivity contribution in [3.63, 3.8) is 0 Å². The number of hydrogen-bond acceptors (Lipinski definition) is 4. The number of nitrogens with one attached hydrogen (secondary N) is 2. The van der Waals surface area contributed by atoms with E-state index in [1.54, 1.807) is 24.3 Å². The number of benzene rings is 1. The number of nitrogens with two attached hydrogens (primary N) is 1. The van der Waals surface area contributed by atoms with Gasteiger partial charge in [-0.05, 0) is 11.6 Å². The average Bonchev–Trinajstić information content (AvgIpc) is 2.44. The Morgan fingerprint density at radius 3 is 2.57 bits per heavy atom. The van der Waals surface area contributed by atoms with Crippen molar-refractivity contribution in [2.45, 2.75) is 12.5 Å². The number of hydrogen-bond donors (Lipinski definition) is 3. The maximum absolute atomic E-state index is 11.7. The van der Waals surface area contributed by atoms with Crippen LogP contribution in [0.5, 0.6) is 0 Å². The molecule has 4 N–H and O–H groups in total. The first kappa shape index (κ1) is 16.8. The summed E-state index contributed by atoms with van der Waals surface area (Å²) >= 11 is 6.03. The first-order valence-corrected chi connectivity index (χ1v) is 6.48. The van der Waals surface area contributed by atoms with Crippen molar-refractivity contribution < 1.29 is 19.1 Å². The highest BCUT2D eigenvalue weighted by molar-refractivity contribution is 6.31. The fourth-order valence-electron chi connectivity index (χ4n) is 1.61. The van der Waals surface area contributed by atoms with E-state index >= 15 is 0 Å². The van der Waals surface area contributed by atoms with Crippen LogP contribution >= 0.6 is 11.6 Å². The lowest BCUT2D eigenvalue weighted by atomic mass is 10.0. The monoisotopic (exact) mass is 313 g/mol. The molecule has 0 aliphatic rings. The third kappa shape index (κ3) is 5.70. The first-order valence-electron chi connectivity index (χ1n) is 6.10. The summed E-state index contributed by atoms with van der Waals surface area (Å²) in [4.78, 5) is 33.7. The zero-order valence-corrected chi connectivity index (χ0v) is 12.1. The Balaban J connectivity index is 2.75. The summed E-state index contributed by atoms with van der Waals surface area (Å²) in [5.74, 6) is -1.09. The second kappa shape index (κ2) is 8.11. The van der Waals surface area contributed by atoms with Crippen LogP contribution in [0.1, 0.15) is 18.0 Å². The van der Waals surface area contributed by atoms with Gasteiger partial charge in [-0.15, -0.1) is 0 Å². The third-order valence-electron chi connectivity index (χ3n) is 2.61. The lowest BCUT2D eigenvalue weighted by Crippen LogP contribution is -2.35. The summed E-state index contributed by atoms with van der Waals surface area (Å²) in [5.41, 5.74) is 5.63. The van der Waals surface area contributed by atoms with Crippen LogP contribution in [0.25, 0.3) is 0 Å². The Bertz CT molecular complexity index is 536. The fraction of sp³-hybridized carbons (Fsp3) is 0.308. The molecule has 0 aliphatic heterocycles. The zero-order valence-electron chi connectivity index (χ0n) is 11.4. The summed E-state index contributed by atoms with van der Waals surface area (Å²) in [6.07, 6.45) is -0.191. The first-order chi connectivity index (χ1) is 9.93. The second-order valence-electron chi connectivity index (χ2n) is 4.12. The zero-order chi connectivity index (χ0) is 15.8. The van der Waals surface area contributed by atoms with Gasteiger partial charge in [0.25, 0.3) is 5.91 Å². The number of amides is 3. The molecule has 0 heterocycles. The molecule has 0 radical (unpaired) electrons. The van der Waals surface area contributed by atoms with Crippen molar-refractivity contribution in [2.75, 3.05) is 13.7 Å². The van der Waals surface area contributed by atoms with Crippen LogP contribution in [0, 0.1) is 0 Å². The molecule has 1 rings (SSSR count). The van der Waals surface area contributed by atoms with Crippen molar-refractivity contribution in [3.05, 3.63) is 34.9 Å². The maximum Gasteiger partial charge on any atom is 0.312 e. The van der Waals surface area contributed by atoms with Crippen molar-refractivity contribution in [2.24, 2.45) is 5.73 Å². The molecule has 0 saturated heterocycles. The normalized spacial score (nSPS) is 11.3. The number of urea groups is 1. The van der Waals surface area contributed by atoms with Gasteiger partial charge in [0.05, 0.1) is 12.5 Å². The van der Waals surface area contributed by atoms with E-state index in [4.69, 9.17) is 22.1 Å². The summed E-state index contributed by atoms with van der Waals surface area (Å²) in [7, 11) is 1.43. The van der Waals surface area contributed by atoms with Gasteiger partial charge < -0.3 is 21.1 Å². The molecule has 8 heteroatoms. The highest BCUT2D eigenvalue weighted by atomic mass is 35.5. The van der Waals surface area contributed by atoms with Crippen LogP contribution in [0.2, 0.25) is 5.02 Å². The lowest BCUT2D eigenvalue weighted by Gasteiger charge is -2.18. The fourth-order valence-corrected chi connectivity index (χ4v) is 1.88. The molecule has 0 aromatic heterocycles. The minimum atomic E-state index is -0.793. The van der Waals surface area contributed by atoms with Gasteiger partial charge in [-0.25, -0.2) is 4.79 Å². The van der Waals surface area contributed by atoms with E-state index in [-0.39, 0.29) is 13.0 Å². The van der Waals surface area contributed by atoms with Gasteiger partial charge in [0.15, 0.2) is 6.61 Å².